The second-order valence-corrected chi connectivity index (χ2v) is 9.03. The molecule has 36 heavy (non-hydrogen) atoms. The summed E-state index contributed by atoms with van der Waals surface area (Å²) in [5, 5.41) is 2.92. The first-order valence-corrected chi connectivity index (χ1v) is 12.1. The maximum absolute atomic E-state index is 13.6. The van der Waals surface area contributed by atoms with Crippen LogP contribution in [0.1, 0.15) is 35.8 Å². The molecule has 2 aromatic carbocycles. The van der Waals surface area contributed by atoms with E-state index in [1.54, 1.807) is 24.9 Å². The van der Waals surface area contributed by atoms with Gasteiger partial charge in [-0.15, -0.1) is 0 Å². The van der Waals surface area contributed by atoms with Gasteiger partial charge in [-0.25, -0.2) is 14.0 Å². The van der Waals surface area contributed by atoms with Gasteiger partial charge >= 0.3 is 12.0 Å². The van der Waals surface area contributed by atoms with Crippen LogP contribution in [-0.2, 0) is 9.53 Å². The number of piperazine rings is 1. The number of esters is 1. The molecule has 0 spiro atoms. The normalized spacial score (nSPS) is 20.8. The Morgan fingerprint density at radius 1 is 1.11 bits per heavy atom. The molecule has 2 heterocycles. The van der Waals surface area contributed by atoms with Crippen molar-refractivity contribution >= 4 is 17.9 Å². The number of ether oxygens (including phenoxy) is 1. The summed E-state index contributed by atoms with van der Waals surface area (Å²) in [6, 6.07) is 14.0. The summed E-state index contributed by atoms with van der Waals surface area (Å²) in [4.78, 5) is 44.3. The zero-order chi connectivity index (χ0) is 25.8. The maximum Gasteiger partial charge on any atom is 0.338 e. The number of amides is 3. The van der Waals surface area contributed by atoms with Gasteiger partial charge in [0.05, 0.1) is 18.2 Å². The zero-order valence-electron chi connectivity index (χ0n) is 20.7. The predicted octanol–water partition coefficient (Wildman–Crippen LogP) is 3.19. The number of benzene rings is 2. The first-order valence-electron chi connectivity index (χ1n) is 12.1. The standard InChI is InChI=1S/C27H31FN4O4/c1-4-36-26(34)23-22(30(3)27(35)29-24(23)19-9-6-5-7-10-19)17-31-13-14-32(18(2)16-31)25(33)20-11-8-12-21(28)15-20/h5-12,15,18,24H,4,13-14,16-17H2,1-3H3,(H,29,35)/t18-,24-/m0/s1. The Morgan fingerprint density at radius 3 is 2.53 bits per heavy atom. The SMILES string of the molecule is CCOC(=O)C1=C(CN2CCN(C(=O)c3cccc(F)c3)[C@@H](C)C2)N(C)C(=O)N[C@H]1c1ccccc1. The van der Waals surface area contributed by atoms with Crippen molar-refractivity contribution in [1.29, 1.82) is 0 Å². The van der Waals surface area contributed by atoms with Crippen LogP contribution in [0.2, 0.25) is 0 Å². The lowest BCUT2D eigenvalue weighted by Gasteiger charge is -2.42. The molecule has 0 aromatic heterocycles. The van der Waals surface area contributed by atoms with E-state index in [1.807, 2.05) is 37.3 Å². The van der Waals surface area contributed by atoms with E-state index in [2.05, 4.69) is 10.2 Å². The molecular weight excluding hydrogens is 463 g/mol. The van der Waals surface area contributed by atoms with Crippen LogP contribution in [0.4, 0.5) is 9.18 Å². The van der Waals surface area contributed by atoms with Crippen molar-refractivity contribution in [3.8, 4) is 0 Å². The predicted molar refractivity (Wildman–Crippen MR) is 132 cm³/mol. The Bertz CT molecular complexity index is 1170. The number of nitrogens with one attached hydrogen (secondary N) is 1. The van der Waals surface area contributed by atoms with E-state index in [4.69, 9.17) is 4.74 Å². The highest BCUT2D eigenvalue weighted by molar-refractivity contribution is 5.95. The number of carbonyl (C=O) groups is 3. The van der Waals surface area contributed by atoms with Gasteiger partial charge in [-0.2, -0.15) is 0 Å². The van der Waals surface area contributed by atoms with Crippen molar-refractivity contribution in [2.24, 2.45) is 0 Å². The van der Waals surface area contributed by atoms with Crippen molar-refractivity contribution in [1.82, 2.24) is 20.0 Å². The van der Waals surface area contributed by atoms with E-state index in [9.17, 15) is 18.8 Å². The number of halogens is 1. The summed E-state index contributed by atoms with van der Waals surface area (Å²) < 4.78 is 19.0. The fraction of sp³-hybridized carbons (Fsp3) is 0.370. The average Bonchev–Trinajstić information content (AvgIpc) is 2.87. The van der Waals surface area contributed by atoms with Crippen LogP contribution in [0.15, 0.2) is 65.9 Å². The van der Waals surface area contributed by atoms with Crippen LogP contribution in [-0.4, -0.2) is 78.5 Å². The summed E-state index contributed by atoms with van der Waals surface area (Å²) >= 11 is 0. The van der Waals surface area contributed by atoms with E-state index in [-0.39, 0.29) is 24.6 Å². The second kappa shape index (κ2) is 10.9. The monoisotopic (exact) mass is 494 g/mol. The highest BCUT2D eigenvalue weighted by atomic mass is 19.1. The third-order valence-corrected chi connectivity index (χ3v) is 6.62. The molecule has 2 aliphatic heterocycles. The summed E-state index contributed by atoms with van der Waals surface area (Å²) in [5.41, 5.74) is 2.08. The Hall–Kier alpha value is -3.72. The first-order chi connectivity index (χ1) is 17.3. The molecule has 1 saturated heterocycles. The fourth-order valence-electron chi connectivity index (χ4n) is 4.77. The highest BCUT2D eigenvalue weighted by Crippen LogP contribution is 2.31. The lowest BCUT2D eigenvalue weighted by molar-refractivity contribution is -0.139. The Kier molecular flexibility index (Phi) is 7.69. The highest BCUT2D eigenvalue weighted by Gasteiger charge is 2.38. The van der Waals surface area contributed by atoms with Gasteiger partial charge in [-0.05, 0) is 37.6 Å². The Morgan fingerprint density at radius 2 is 1.86 bits per heavy atom. The smallest absolute Gasteiger partial charge is 0.338 e. The average molecular weight is 495 g/mol. The van der Waals surface area contributed by atoms with Crippen molar-refractivity contribution in [3.63, 3.8) is 0 Å². The van der Waals surface area contributed by atoms with Gasteiger partial charge in [0.1, 0.15) is 5.82 Å². The van der Waals surface area contributed by atoms with Gasteiger partial charge < -0.3 is 15.0 Å². The quantitative estimate of drug-likeness (QED) is 0.624. The topological polar surface area (TPSA) is 82.2 Å². The minimum Gasteiger partial charge on any atom is -0.463 e. The van der Waals surface area contributed by atoms with Crippen LogP contribution >= 0.6 is 0 Å². The zero-order valence-corrected chi connectivity index (χ0v) is 20.7. The molecule has 9 heteroatoms. The molecule has 0 unspecified atom stereocenters. The van der Waals surface area contributed by atoms with Gasteiger partial charge in [-0.1, -0.05) is 36.4 Å². The molecule has 0 bridgehead atoms. The van der Waals surface area contributed by atoms with Crippen LogP contribution < -0.4 is 5.32 Å². The second-order valence-electron chi connectivity index (χ2n) is 9.03. The van der Waals surface area contributed by atoms with Crippen molar-refractivity contribution in [2.75, 3.05) is 39.8 Å². The molecule has 2 aromatic rings. The van der Waals surface area contributed by atoms with E-state index in [1.165, 1.54) is 23.1 Å². The maximum atomic E-state index is 13.6. The van der Waals surface area contributed by atoms with Crippen LogP contribution in [0.5, 0.6) is 0 Å². The van der Waals surface area contributed by atoms with E-state index >= 15 is 0 Å². The number of carbonyl (C=O) groups excluding carboxylic acids is 3. The third-order valence-electron chi connectivity index (χ3n) is 6.62. The molecule has 8 nitrogen and oxygen atoms in total. The van der Waals surface area contributed by atoms with Crippen molar-refractivity contribution in [2.45, 2.75) is 25.9 Å². The fourth-order valence-corrected chi connectivity index (χ4v) is 4.77. The van der Waals surface area contributed by atoms with Gasteiger partial charge in [0.15, 0.2) is 0 Å². The number of hydrogen-bond donors (Lipinski definition) is 1. The number of hydrogen-bond acceptors (Lipinski definition) is 5. The van der Waals surface area contributed by atoms with Gasteiger partial charge in [0, 0.05) is 50.5 Å². The number of likely N-dealkylation sites (N-methyl/N-ethyl adjacent to an activating group) is 1. The van der Waals surface area contributed by atoms with E-state index in [0.717, 1.165) is 5.56 Å². The number of nitrogens with zero attached hydrogens (tertiary/aromatic N) is 3. The molecular formula is C27H31FN4O4. The van der Waals surface area contributed by atoms with Gasteiger partial charge in [0.25, 0.3) is 5.91 Å². The minimum absolute atomic E-state index is 0.145. The largest absolute Gasteiger partial charge is 0.463 e. The molecule has 190 valence electrons. The molecule has 0 aliphatic carbocycles. The Labute approximate surface area is 210 Å². The van der Waals surface area contributed by atoms with E-state index in [0.29, 0.717) is 43.0 Å². The van der Waals surface area contributed by atoms with Crippen LogP contribution in [0, 0.1) is 5.82 Å². The third kappa shape index (κ3) is 5.26. The minimum atomic E-state index is -0.628. The summed E-state index contributed by atoms with van der Waals surface area (Å²) in [5.74, 6) is -1.13. The molecule has 2 aliphatic rings. The van der Waals surface area contributed by atoms with Crippen molar-refractivity contribution in [3.05, 3.63) is 82.8 Å². The van der Waals surface area contributed by atoms with Gasteiger partial charge in [-0.3, -0.25) is 14.6 Å². The summed E-state index contributed by atoms with van der Waals surface area (Å²) in [6.07, 6.45) is 0. The molecule has 0 saturated carbocycles. The molecule has 1 fully saturated rings. The lowest BCUT2D eigenvalue weighted by Crippen LogP contribution is -2.56. The molecule has 2 atom stereocenters. The first kappa shape index (κ1) is 25.4. The molecule has 1 N–H and O–H groups in total. The molecule has 0 radical (unpaired) electrons. The van der Waals surface area contributed by atoms with Crippen LogP contribution in [0.3, 0.4) is 0 Å². The van der Waals surface area contributed by atoms with Crippen molar-refractivity contribution < 1.29 is 23.5 Å². The van der Waals surface area contributed by atoms with Gasteiger partial charge in [0.2, 0.25) is 0 Å². The lowest BCUT2D eigenvalue weighted by atomic mass is 9.94. The van der Waals surface area contributed by atoms with E-state index < -0.39 is 17.8 Å². The summed E-state index contributed by atoms with van der Waals surface area (Å²) in [7, 11) is 1.64. The van der Waals surface area contributed by atoms with Crippen LogP contribution in [0.25, 0.3) is 0 Å². The molecule has 3 amide bonds. The Balaban J connectivity index is 1.58. The number of rotatable bonds is 6. The molecule has 4 rings (SSSR count). The number of urea groups is 1. The summed E-state index contributed by atoms with van der Waals surface area (Å²) in [6.45, 7) is 5.75.